The first-order chi connectivity index (χ1) is 14.0. The molecule has 29 heavy (non-hydrogen) atoms. The summed E-state index contributed by atoms with van der Waals surface area (Å²) in [6.07, 6.45) is 8.34. The fraction of sp³-hybridized carbons (Fsp3) is 0.565. The number of hydrogen-bond donors (Lipinski definition) is 1. The first-order valence-corrected chi connectivity index (χ1v) is 10.8. The van der Waals surface area contributed by atoms with Gasteiger partial charge in [-0.2, -0.15) is 0 Å². The zero-order chi connectivity index (χ0) is 21.2. The first-order valence-electron chi connectivity index (χ1n) is 10.8. The van der Waals surface area contributed by atoms with Gasteiger partial charge < -0.3 is 19.8 Å². The maximum absolute atomic E-state index is 13.2. The van der Waals surface area contributed by atoms with E-state index in [1.54, 1.807) is 16.7 Å². The third kappa shape index (κ3) is 6.24. The Morgan fingerprint density at radius 1 is 1.00 bits per heavy atom. The third-order valence-electron chi connectivity index (χ3n) is 4.93. The molecule has 0 spiro atoms. The van der Waals surface area contributed by atoms with Crippen LogP contribution in [0.1, 0.15) is 72.1 Å². The van der Waals surface area contributed by atoms with Crippen LogP contribution in [0, 0.1) is 0 Å². The van der Waals surface area contributed by atoms with E-state index in [1.807, 2.05) is 6.07 Å². The average molecular weight is 403 g/mol. The first kappa shape index (κ1) is 22.8. The highest BCUT2D eigenvalue weighted by Crippen LogP contribution is 2.34. The molecule has 0 atom stereocenters. The number of fused-ring (bicyclic) bond motifs is 1. The number of aromatic nitrogens is 1. The minimum absolute atomic E-state index is 0.0271. The Morgan fingerprint density at radius 3 is 2.34 bits per heavy atom. The van der Waals surface area contributed by atoms with Crippen molar-refractivity contribution >= 4 is 22.6 Å². The molecule has 0 unspecified atom stereocenters. The third-order valence-corrected chi connectivity index (χ3v) is 4.93. The molecule has 6 nitrogen and oxygen atoms in total. The molecule has 6 heteroatoms. The summed E-state index contributed by atoms with van der Waals surface area (Å²) in [6, 6.07) is 5.40. The maximum atomic E-state index is 13.2. The lowest BCUT2D eigenvalue weighted by Crippen LogP contribution is -2.25. The Balaban J connectivity index is 2.48. The van der Waals surface area contributed by atoms with Crippen LogP contribution in [0.25, 0.3) is 10.9 Å². The van der Waals surface area contributed by atoms with Crippen molar-refractivity contribution in [1.29, 1.82) is 0 Å². The van der Waals surface area contributed by atoms with E-state index in [0.717, 1.165) is 56.8 Å². The molecule has 0 fully saturated rings. The topological polar surface area (TPSA) is 83.5 Å². The van der Waals surface area contributed by atoms with Crippen molar-refractivity contribution in [2.24, 2.45) is 0 Å². The summed E-state index contributed by atoms with van der Waals surface area (Å²) in [5.74, 6) is -0.229. The molecule has 0 saturated heterocycles. The van der Waals surface area contributed by atoms with Gasteiger partial charge in [0.2, 0.25) is 5.75 Å². The number of rotatable bonds is 12. The molecule has 1 aromatic carbocycles. The van der Waals surface area contributed by atoms with Gasteiger partial charge in [-0.05, 0) is 31.0 Å². The van der Waals surface area contributed by atoms with Crippen LogP contribution < -0.4 is 20.8 Å². The van der Waals surface area contributed by atoms with E-state index in [-0.39, 0.29) is 11.3 Å². The summed E-state index contributed by atoms with van der Waals surface area (Å²) in [6.45, 7) is 6.60. The van der Waals surface area contributed by atoms with Crippen LogP contribution >= 0.6 is 0 Å². The lowest BCUT2D eigenvalue weighted by atomic mass is 10.1. The fourth-order valence-corrected chi connectivity index (χ4v) is 3.41. The number of benzene rings is 1. The summed E-state index contributed by atoms with van der Waals surface area (Å²) in [4.78, 5) is 24.9. The molecule has 1 aromatic heterocycles. The van der Waals surface area contributed by atoms with E-state index in [0.29, 0.717) is 30.1 Å². The smallest absolute Gasteiger partial charge is 0.308 e. The van der Waals surface area contributed by atoms with Crippen molar-refractivity contribution in [2.75, 3.05) is 12.3 Å². The molecule has 2 aromatic rings. The van der Waals surface area contributed by atoms with Gasteiger partial charge in [-0.25, -0.2) is 0 Å². The number of unbranched alkanes of at least 4 members (excludes halogenated alkanes) is 6. The number of nitrogen functional groups attached to an aromatic ring is 1. The minimum atomic E-state index is -0.537. The van der Waals surface area contributed by atoms with Crippen LogP contribution in [0.4, 0.5) is 5.69 Å². The van der Waals surface area contributed by atoms with Crippen molar-refractivity contribution in [3.63, 3.8) is 0 Å². The molecule has 0 aliphatic rings. The summed E-state index contributed by atoms with van der Waals surface area (Å²) in [5, 5.41) is 0.737. The predicted molar refractivity (Wildman–Crippen MR) is 118 cm³/mol. The highest BCUT2D eigenvalue weighted by atomic mass is 16.6. The Labute approximate surface area is 173 Å². The quantitative estimate of drug-likeness (QED) is 0.305. The van der Waals surface area contributed by atoms with Crippen molar-refractivity contribution in [1.82, 2.24) is 4.57 Å². The largest absolute Gasteiger partial charge is 0.489 e. The molecule has 2 rings (SSSR count). The van der Waals surface area contributed by atoms with E-state index in [2.05, 4.69) is 13.8 Å². The van der Waals surface area contributed by atoms with Crippen molar-refractivity contribution in [3.8, 4) is 11.5 Å². The van der Waals surface area contributed by atoms with E-state index in [9.17, 15) is 9.59 Å². The Hall–Kier alpha value is -2.50. The zero-order valence-electron chi connectivity index (χ0n) is 18.0. The van der Waals surface area contributed by atoms with Gasteiger partial charge in [0.05, 0.1) is 12.1 Å². The monoisotopic (exact) mass is 402 g/mol. The van der Waals surface area contributed by atoms with Crippen molar-refractivity contribution < 1.29 is 14.3 Å². The number of esters is 1. The second kappa shape index (κ2) is 11.5. The molecule has 2 N–H and O–H groups in total. The van der Waals surface area contributed by atoms with Gasteiger partial charge in [0, 0.05) is 24.5 Å². The number of hydrogen-bond acceptors (Lipinski definition) is 5. The molecule has 1 heterocycles. The van der Waals surface area contributed by atoms with Gasteiger partial charge in [0.25, 0.3) is 5.56 Å². The van der Waals surface area contributed by atoms with Crippen molar-refractivity contribution in [2.45, 2.75) is 78.7 Å². The molecule has 160 valence electrons. The summed E-state index contributed by atoms with van der Waals surface area (Å²) in [5.41, 5.74) is 6.94. The number of aryl methyl sites for hydroxylation is 1. The molecule has 0 radical (unpaired) electrons. The normalized spacial score (nSPS) is 11.0. The zero-order valence-corrected chi connectivity index (χ0v) is 18.0. The molecule has 0 amide bonds. The molecular weight excluding hydrogens is 368 g/mol. The van der Waals surface area contributed by atoms with Crippen LogP contribution in [-0.4, -0.2) is 17.1 Å². The number of nitrogens with zero attached hydrogens (tertiary/aromatic N) is 1. The van der Waals surface area contributed by atoms with Gasteiger partial charge in [0.1, 0.15) is 0 Å². The van der Waals surface area contributed by atoms with Gasteiger partial charge in [0.15, 0.2) is 5.75 Å². The van der Waals surface area contributed by atoms with E-state index < -0.39 is 5.97 Å². The van der Waals surface area contributed by atoms with E-state index in [4.69, 9.17) is 15.2 Å². The molecular formula is C23H34N2O4. The van der Waals surface area contributed by atoms with Crippen LogP contribution in [-0.2, 0) is 11.3 Å². The highest BCUT2D eigenvalue weighted by Gasteiger charge is 2.21. The molecule has 0 bridgehead atoms. The minimum Gasteiger partial charge on any atom is -0.489 e. The number of anilines is 1. The molecule has 0 aliphatic heterocycles. The summed E-state index contributed by atoms with van der Waals surface area (Å²) in [7, 11) is 0. The Bertz CT molecular complexity index is 873. The van der Waals surface area contributed by atoms with Crippen LogP contribution in [0.3, 0.4) is 0 Å². The van der Waals surface area contributed by atoms with Gasteiger partial charge >= 0.3 is 5.97 Å². The summed E-state index contributed by atoms with van der Waals surface area (Å²) < 4.78 is 13.0. The van der Waals surface area contributed by atoms with Crippen molar-refractivity contribution in [3.05, 3.63) is 28.6 Å². The van der Waals surface area contributed by atoms with E-state index in [1.165, 1.54) is 6.92 Å². The second-order valence-electron chi connectivity index (χ2n) is 7.46. The maximum Gasteiger partial charge on any atom is 0.308 e. The number of carbonyl (C=O) groups is 1. The average Bonchev–Trinajstić information content (AvgIpc) is 2.68. The van der Waals surface area contributed by atoms with Gasteiger partial charge in [-0.15, -0.1) is 0 Å². The predicted octanol–water partition coefficient (Wildman–Crippen LogP) is 5.05. The van der Waals surface area contributed by atoms with Crippen LogP contribution in [0.15, 0.2) is 23.0 Å². The van der Waals surface area contributed by atoms with E-state index >= 15 is 0 Å². The van der Waals surface area contributed by atoms with Crippen LogP contribution in [0.5, 0.6) is 11.5 Å². The number of carbonyl (C=O) groups excluding carboxylic acids is 1. The molecule has 0 saturated carbocycles. The second-order valence-corrected chi connectivity index (χ2v) is 7.46. The number of nitrogens with two attached hydrogens (primary N) is 1. The lowest BCUT2D eigenvalue weighted by molar-refractivity contribution is -0.132. The summed E-state index contributed by atoms with van der Waals surface area (Å²) >= 11 is 0. The van der Waals surface area contributed by atoms with Crippen LogP contribution in [0.2, 0.25) is 0 Å². The lowest BCUT2D eigenvalue weighted by Gasteiger charge is -2.18. The number of pyridine rings is 1. The fourth-order valence-electron chi connectivity index (χ4n) is 3.41. The Morgan fingerprint density at radius 2 is 1.69 bits per heavy atom. The molecule has 0 aliphatic carbocycles. The highest BCUT2D eigenvalue weighted by molar-refractivity contribution is 5.90. The van der Waals surface area contributed by atoms with Gasteiger partial charge in [-0.1, -0.05) is 52.4 Å². The Kier molecular flexibility index (Phi) is 9.03. The number of ether oxygens (including phenoxy) is 2. The standard InChI is InChI=1S/C23H34N2O4/c1-4-6-8-10-14-25-20-16-18(24)12-13-19(20)21(28-15-11-9-7-5-2)22(23(25)27)29-17(3)26/h12-13,16H,4-11,14-15,24H2,1-3H3. The van der Waals surface area contributed by atoms with Gasteiger partial charge in [-0.3, -0.25) is 9.59 Å². The SMILES string of the molecule is CCCCCCOc1c(OC(C)=O)c(=O)n(CCCCCC)c2cc(N)ccc12.